The number of carboxylic acids is 1. The molecule has 0 heterocycles. The minimum atomic E-state index is -4.77. The maximum Gasteiger partial charge on any atom is 0.573 e. The number of rotatable bonds is 6. The van der Waals surface area contributed by atoms with E-state index in [9.17, 15) is 18.0 Å². The zero-order chi connectivity index (χ0) is 16.0. The van der Waals surface area contributed by atoms with Crippen molar-refractivity contribution >= 4 is 5.97 Å². The van der Waals surface area contributed by atoms with Crippen LogP contribution in [0.15, 0.2) is 35.8 Å². The SMILES string of the molecule is NN/C(OCc1ccc(OC(F)(F)F)cc1)=C(\N)C(=O)O. The number of halogens is 3. The summed E-state index contributed by atoms with van der Waals surface area (Å²) in [7, 11) is 0. The average Bonchev–Trinajstić information content (AvgIpc) is 2.39. The van der Waals surface area contributed by atoms with E-state index >= 15 is 0 Å². The van der Waals surface area contributed by atoms with Gasteiger partial charge in [-0.1, -0.05) is 12.1 Å². The topological polar surface area (TPSA) is 120 Å². The van der Waals surface area contributed by atoms with Gasteiger partial charge in [-0.25, -0.2) is 10.6 Å². The molecule has 116 valence electrons. The largest absolute Gasteiger partial charge is 0.573 e. The summed E-state index contributed by atoms with van der Waals surface area (Å²) in [5.74, 6) is 2.87. The molecule has 0 unspecified atom stereocenters. The zero-order valence-corrected chi connectivity index (χ0v) is 10.5. The Morgan fingerprint density at radius 1 is 1.29 bits per heavy atom. The molecule has 0 aliphatic heterocycles. The van der Waals surface area contributed by atoms with Gasteiger partial charge < -0.3 is 20.3 Å². The third kappa shape index (κ3) is 5.48. The van der Waals surface area contributed by atoms with E-state index in [4.69, 9.17) is 21.4 Å². The Bertz CT molecular complexity index is 529. The van der Waals surface area contributed by atoms with Crippen molar-refractivity contribution < 1.29 is 32.5 Å². The van der Waals surface area contributed by atoms with Crippen LogP contribution in [-0.2, 0) is 16.1 Å². The molecule has 10 heteroatoms. The molecule has 7 nitrogen and oxygen atoms in total. The quantitative estimate of drug-likeness (QED) is 0.265. The van der Waals surface area contributed by atoms with Crippen molar-refractivity contribution in [2.45, 2.75) is 13.0 Å². The van der Waals surface area contributed by atoms with Crippen molar-refractivity contribution in [3.05, 3.63) is 41.4 Å². The Hall–Kier alpha value is -2.62. The van der Waals surface area contributed by atoms with Gasteiger partial charge in [0.25, 0.3) is 0 Å². The number of alkyl halides is 3. The summed E-state index contributed by atoms with van der Waals surface area (Å²) in [6.07, 6.45) is -4.77. The fourth-order valence-corrected chi connectivity index (χ4v) is 1.24. The Kier molecular flexibility index (Phi) is 5.24. The Morgan fingerprint density at radius 3 is 2.29 bits per heavy atom. The van der Waals surface area contributed by atoms with Crippen LogP contribution in [0.4, 0.5) is 13.2 Å². The number of carboxylic acid groups (broad SMARTS) is 1. The molecule has 0 saturated heterocycles. The first-order valence-corrected chi connectivity index (χ1v) is 5.40. The van der Waals surface area contributed by atoms with E-state index in [-0.39, 0.29) is 18.2 Å². The molecule has 0 aliphatic rings. The standard InChI is InChI=1S/C11H12F3N3O4/c12-11(13,14)21-7-3-1-6(2-4-7)5-20-9(17-16)8(15)10(18)19/h1-4,17H,5,15-16H2,(H,18,19)/b9-8+. The number of nitrogens with one attached hydrogen (secondary N) is 1. The summed E-state index contributed by atoms with van der Waals surface area (Å²) < 4.78 is 44.6. The smallest absolute Gasteiger partial charge is 0.476 e. The normalized spacial score (nSPS) is 12.4. The number of benzene rings is 1. The summed E-state index contributed by atoms with van der Waals surface area (Å²) >= 11 is 0. The number of hydrogen-bond donors (Lipinski definition) is 4. The minimum Gasteiger partial charge on any atom is -0.476 e. The van der Waals surface area contributed by atoms with E-state index in [0.717, 1.165) is 12.1 Å². The first-order valence-electron chi connectivity index (χ1n) is 5.40. The molecular formula is C11H12F3N3O4. The van der Waals surface area contributed by atoms with Gasteiger partial charge in [0.2, 0.25) is 5.88 Å². The second-order valence-corrected chi connectivity index (χ2v) is 3.67. The fraction of sp³-hybridized carbons (Fsp3) is 0.182. The van der Waals surface area contributed by atoms with Crippen molar-refractivity contribution in [2.24, 2.45) is 11.6 Å². The lowest BCUT2D eigenvalue weighted by molar-refractivity contribution is -0.274. The van der Waals surface area contributed by atoms with Gasteiger partial charge in [-0.3, -0.25) is 5.43 Å². The third-order valence-electron chi connectivity index (χ3n) is 2.15. The first-order chi connectivity index (χ1) is 9.73. The monoisotopic (exact) mass is 307 g/mol. The van der Waals surface area contributed by atoms with Gasteiger partial charge in [0, 0.05) is 0 Å². The van der Waals surface area contributed by atoms with Gasteiger partial charge in [0.1, 0.15) is 12.4 Å². The molecule has 21 heavy (non-hydrogen) atoms. The molecule has 0 saturated carbocycles. The maximum absolute atomic E-state index is 12.0. The van der Waals surface area contributed by atoms with Crippen molar-refractivity contribution in [1.29, 1.82) is 0 Å². The lowest BCUT2D eigenvalue weighted by Gasteiger charge is -2.12. The van der Waals surface area contributed by atoms with E-state index in [2.05, 4.69) is 4.74 Å². The lowest BCUT2D eigenvalue weighted by atomic mass is 10.2. The number of nitrogens with two attached hydrogens (primary N) is 2. The second kappa shape index (κ2) is 6.70. The van der Waals surface area contributed by atoms with Crippen LogP contribution >= 0.6 is 0 Å². The van der Waals surface area contributed by atoms with Crippen LogP contribution in [0.3, 0.4) is 0 Å². The molecule has 0 radical (unpaired) electrons. The minimum absolute atomic E-state index is 0.153. The predicted molar refractivity (Wildman–Crippen MR) is 64.1 cm³/mol. The first kappa shape index (κ1) is 16.4. The Labute approximate surface area is 116 Å². The molecule has 1 rings (SSSR count). The van der Waals surface area contributed by atoms with Gasteiger partial charge in [-0.15, -0.1) is 13.2 Å². The van der Waals surface area contributed by atoms with Crippen LogP contribution in [-0.4, -0.2) is 17.4 Å². The number of aliphatic carboxylic acids is 1. The van der Waals surface area contributed by atoms with Gasteiger partial charge >= 0.3 is 12.3 Å². The molecule has 0 spiro atoms. The van der Waals surface area contributed by atoms with Gasteiger partial charge in [0.15, 0.2) is 5.70 Å². The molecule has 1 aromatic carbocycles. The van der Waals surface area contributed by atoms with Crippen LogP contribution in [0.5, 0.6) is 5.75 Å². The fourth-order valence-electron chi connectivity index (χ4n) is 1.24. The van der Waals surface area contributed by atoms with E-state index < -0.39 is 18.0 Å². The van der Waals surface area contributed by atoms with Gasteiger partial charge in [-0.2, -0.15) is 0 Å². The van der Waals surface area contributed by atoms with Crippen LogP contribution in [0.25, 0.3) is 0 Å². The van der Waals surface area contributed by atoms with Gasteiger partial charge in [-0.05, 0) is 17.7 Å². The van der Waals surface area contributed by atoms with Crippen LogP contribution < -0.4 is 21.7 Å². The molecule has 0 bridgehead atoms. The Morgan fingerprint density at radius 2 is 1.86 bits per heavy atom. The summed E-state index contributed by atoms with van der Waals surface area (Å²) in [6, 6.07) is 4.80. The summed E-state index contributed by atoms with van der Waals surface area (Å²) in [5.41, 5.74) is 6.99. The number of carbonyl (C=O) groups is 1. The Balaban J connectivity index is 2.68. The average molecular weight is 307 g/mol. The summed E-state index contributed by atoms with van der Waals surface area (Å²) in [4.78, 5) is 10.6. The highest BCUT2D eigenvalue weighted by molar-refractivity contribution is 5.85. The van der Waals surface area contributed by atoms with Crippen LogP contribution in [0, 0.1) is 0 Å². The molecule has 6 N–H and O–H groups in total. The van der Waals surface area contributed by atoms with E-state index in [1.54, 1.807) is 0 Å². The third-order valence-corrected chi connectivity index (χ3v) is 2.15. The van der Waals surface area contributed by atoms with E-state index in [1.807, 2.05) is 5.43 Å². The van der Waals surface area contributed by atoms with Gasteiger partial charge in [0.05, 0.1) is 0 Å². The molecule has 0 aromatic heterocycles. The van der Waals surface area contributed by atoms with E-state index in [1.165, 1.54) is 12.1 Å². The predicted octanol–water partition coefficient (Wildman–Crippen LogP) is 0.777. The van der Waals surface area contributed by atoms with Crippen LogP contribution in [0.1, 0.15) is 5.56 Å². The zero-order valence-electron chi connectivity index (χ0n) is 10.5. The molecule has 0 amide bonds. The number of hydrogen-bond acceptors (Lipinski definition) is 6. The molecule has 1 aromatic rings. The summed E-state index contributed by atoms with van der Waals surface area (Å²) in [6.45, 7) is -0.153. The number of hydrazine groups is 1. The van der Waals surface area contributed by atoms with Crippen molar-refractivity contribution in [2.75, 3.05) is 0 Å². The molecule has 0 atom stereocenters. The highest BCUT2D eigenvalue weighted by atomic mass is 19.4. The van der Waals surface area contributed by atoms with Crippen molar-refractivity contribution in [1.82, 2.24) is 5.43 Å². The molecule has 0 aliphatic carbocycles. The van der Waals surface area contributed by atoms with Crippen molar-refractivity contribution in [3.63, 3.8) is 0 Å². The summed E-state index contributed by atoms with van der Waals surface area (Å²) in [5, 5.41) is 8.64. The van der Waals surface area contributed by atoms with Crippen LogP contribution in [0.2, 0.25) is 0 Å². The van der Waals surface area contributed by atoms with E-state index in [0.29, 0.717) is 5.56 Å². The second-order valence-electron chi connectivity index (χ2n) is 3.67. The molecular weight excluding hydrogens is 295 g/mol. The maximum atomic E-state index is 12.0. The highest BCUT2D eigenvalue weighted by Crippen LogP contribution is 2.23. The van der Waals surface area contributed by atoms with Crippen molar-refractivity contribution in [3.8, 4) is 5.75 Å². The number of ether oxygens (including phenoxy) is 2. The highest BCUT2D eigenvalue weighted by Gasteiger charge is 2.30. The lowest BCUT2D eigenvalue weighted by Crippen LogP contribution is -2.29. The molecule has 0 fully saturated rings.